The monoisotopic (exact) mass is 278 g/mol. The molecule has 0 saturated carbocycles. The summed E-state index contributed by atoms with van der Waals surface area (Å²) in [5.74, 6) is -0.0705. The van der Waals surface area contributed by atoms with E-state index in [2.05, 4.69) is 5.32 Å². The van der Waals surface area contributed by atoms with E-state index >= 15 is 0 Å². The SMILES string of the molecule is O=C1CN(C(=O)Nc2ccccc2)C=Cc2ccccc21. The number of rotatable bonds is 1. The van der Waals surface area contributed by atoms with Crippen LogP contribution < -0.4 is 5.32 Å². The first kappa shape index (κ1) is 13.1. The van der Waals surface area contributed by atoms with Gasteiger partial charge in [0.2, 0.25) is 0 Å². The third-order valence-electron chi connectivity index (χ3n) is 3.30. The molecule has 104 valence electrons. The molecular weight excluding hydrogens is 264 g/mol. The third-order valence-corrected chi connectivity index (χ3v) is 3.30. The second-order valence-electron chi connectivity index (χ2n) is 4.75. The molecule has 0 spiro atoms. The van der Waals surface area contributed by atoms with E-state index in [0.29, 0.717) is 11.3 Å². The lowest BCUT2D eigenvalue weighted by Gasteiger charge is -2.17. The Morgan fingerprint density at radius 3 is 2.52 bits per heavy atom. The summed E-state index contributed by atoms with van der Waals surface area (Å²) in [7, 11) is 0. The van der Waals surface area contributed by atoms with Crippen LogP contribution >= 0.6 is 0 Å². The summed E-state index contributed by atoms with van der Waals surface area (Å²) < 4.78 is 0. The molecule has 3 rings (SSSR count). The zero-order valence-corrected chi connectivity index (χ0v) is 11.3. The van der Waals surface area contributed by atoms with Crippen molar-refractivity contribution in [1.82, 2.24) is 4.90 Å². The molecule has 1 heterocycles. The summed E-state index contributed by atoms with van der Waals surface area (Å²) in [5.41, 5.74) is 2.17. The number of urea groups is 1. The van der Waals surface area contributed by atoms with Crippen LogP contribution in [0.3, 0.4) is 0 Å². The second kappa shape index (κ2) is 5.63. The number of benzene rings is 2. The number of Topliss-reactive ketones (excluding diaryl/α,β-unsaturated/α-hetero) is 1. The van der Waals surface area contributed by atoms with Crippen LogP contribution in [-0.2, 0) is 0 Å². The van der Waals surface area contributed by atoms with Crippen molar-refractivity contribution in [3.05, 3.63) is 71.9 Å². The number of anilines is 1. The van der Waals surface area contributed by atoms with Crippen LogP contribution in [-0.4, -0.2) is 23.3 Å². The van der Waals surface area contributed by atoms with Crippen molar-refractivity contribution in [3.63, 3.8) is 0 Å². The van der Waals surface area contributed by atoms with Crippen LogP contribution in [0.2, 0.25) is 0 Å². The predicted octanol–water partition coefficient (Wildman–Crippen LogP) is 3.39. The first-order valence-electron chi connectivity index (χ1n) is 6.67. The highest BCUT2D eigenvalue weighted by Gasteiger charge is 2.20. The Balaban J connectivity index is 1.79. The first-order valence-corrected chi connectivity index (χ1v) is 6.67. The molecule has 4 heteroatoms. The van der Waals surface area contributed by atoms with Crippen molar-refractivity contribution in [1.29, 1.82) is 0 Å². The van der Waals surface area contributed by atoms with Crippen molar-refractivity contribution in [2.45, 2.75) is 0 Å². The fraction of sp³-hybridized carbons (Fsp3) is 0.0588. The van der Waals surface area contributed by atoms with E-state index < -0.39 is 0 Å². The average molecular weight is 278 g/mol. The van der Waals surface area contributed by atoms with E-state index in [1.54, 1.807) is 30.5 Å². The summed E-state index contributed by atoms with van der Waals surface area (Å²) in [6.07, 6.45) is 3.42. The Hall–Kier alpha value is -2.88. The number of carbonyl (C=O) groups excluding carboxylic acids is 2. The maximum atomic E-state index is 12.2. The fourth-order valence-corrected chi connectivity index (χ4v) is 2.22. The Bertz CT molecular complexity index is 708. The number of amides is 2. The lowest BCUT2D eigenvalue weighted by Crippen LogP contribution is -2.34. The number of para-hydroxylation sites is 1. The van der Waals surface area contributed by atoms with Crippen LogP contribution in [0.25, 0.3) is 6.08 Å². The summed E-state index contributed by atoms with van der Waals surface area (Å²) in [6, 6.07) is 16.2. The largest absolute Gasteiger partial charge is 0.326 e. The number of fused-ring (bicyclic) bond motifs is 1. The van der Waals surface area contributed by atoms with Crippen molar-refractivity contribution >= 4 is 23.6 Å². The summed E-state index contributed by atoms with van der Waals surface area (Å²) in [5, 5.41) is 2.77. The molecule has 2 aromatic carbocycles. The lowest BCUT2D eigenvalue weighted by molar-refractivity contribution is 0.0966. The second-order valence-corrected chi connectivity index (χ2v) is 4.75. The molecule has 2 aromatic rings. The number of nitrogens with zero attached hydrogens (tertiary/aromatic N) is 1. The van der Waals surface area contributed by atoms with Crippen molar-refractivity contribution in [2.75, 3.05) is 11.9 Å². The van der Waals surface area contributed by atoms with Gasteiger partial charge in [-0.15, -0.1) is 0 Å². The highest BCUT2D eigenvalue weighted by atomic mass is 16.2. The van der Waals surface area contributed by atoms with Gasteiger partial charge in [-0.2, -0.15) is 0 Å². The minimum Gasteiger partial charge on any atom is -0.308 e. The molecular formula is C17H14N2O2. The Labute approximate surface area is 122 Å². The number of hydrogen-bond acceptors (Lipinski definition) is 2. The Kier molecular flexibility index (Phi) is 3.51. The van der Waals surface area contributed by atoms with Gasteiger partial charge in [0.05, 0.1) is 6.54 Å². The highest BCUT2D eigenvalue weighted by molar-refractivity contribution is 6.04. The van der Waals surface area contributed by atoms with Crippen LogP contribution in [0.15, 0.2) is 60.8 Å². The van der Waals surface area contributed by atoms with E-state index in [1.165, 1.54) is 4.90 Å². The molecule has 1 aliphatic heterocycles. The van der Waals surface area contributed by atoms with Gasteiger partial charge < -0.3 is 5.32 Å². The van der Waals surface area contributed by atoms with Crippen molar-refractivity contribution in [3.8, 4) is 0 Å². The molecule has 0 fully saturated rings. The molecule has 2 amide bonds. The summed E-state index contributed by atoms with van der Waals surface area (Å²) in [6.45, 7) is 0.0339. The first-order chi connectivity index (χ1) is 10.2. The average Bonchev–Trinajstić information content (AvgIpc) is 2.68. The molecule has 0 aromatic heterocycles. The number of ketones is 1. The van der Waals surface area contributed by atoms with E-state index in [1.807, 2.05) is 36.4 Å². The van der Waals surface area contributed by atoms with Gasteiger partial charge in [0.25, 0.3) is 0 Å². The van der Waals surface area contributed by atoms with Gasteiger partial charge in [-0.3, -0.25) is 9.69 Å². The predicted molar refractivity (Wildman–Crippen MR) is 82.0 cm³/mol. The van der Waals surface area contributed by atoms with E-state index in [0.717, 1.165) is 5.56 Å². The molecule has 0 radical (unpaired) electrons. The lowest BCUT2D eigenvalue weighted by atomic mass is 10.0. The molecule has 21 heavy (non-hydrogen) atoms. The molecule has 1 N–H and O–H groups in total. The fourth-order valence-electron chi connectivity index (χ4n) is 2.22. The van der Waals surface area contributed by atoms with Gasteiger partial charge in [0.15, 0.2) is 5.78 Å². The van der Waals surface area contributed by atoms with E-state index in [4.69, 9.17) is 0 Å². The van der Waals surface area contributed by atoms with Crippen molar-refractivity contribution in [2.24, 2.45) is 0 Å². The molecule has 0 bridgehead atoms. The van der Waals surface area contributed by atoms with Crippen LogP contribution in [0, 0.1) is 0 Å². The van der Waals surface area contributed by atoms with E-state index in [-0.39, 0.29) is 18.4 Å². The Morgan fingerprint density at radius 2 is 1.71 bits per heavy atom. The van der Waals surface area contributed by atoms with Crippen LogP contribution in [0.1, 0.15) is 15.9 Å². The molecule has 0 aliphatic carbocycles. The molecule has 0 unspecified atom stereocenters. The number of nitrogens with one attached hydrogen (secondary N) is 1. The highest BCUT2D eigenvalue weighted by Crippen LogP contribution is 2.17. The van der Waals surface area contributed by atoms with Crippen LogP contribution in [0.4, 0.5) is 10.5 Å². The molecule has 0 saturated heterocycles. The topological polar surface area (TPSA) is 49.4 Å². The van der Waals surface area contributed by atoms with Gasteiger partial charge in [0.1, 0.15) is 0 Å². The zero-order valence-electron chi connectivity index (χ0n) is 11.3. The number of hydrogen-bond donors (Lipinski definition) is 1. The number of carbonyl (C=O) groups is 2. The van der Waals surface area contributed by atoms with Gasteiger partial charge in [-0.05, 0) is 23.8 Å². The summed E-state index contributed by atoms with van der Waals surface area (Å²) in [4.78, 5) is 25.8. The smallest absolute Gasteiger partial charge is 0.308 e. The zero-order chi connectivity index (χ0) is 14.7. The normalized spacial score (nSPS) is 13.5. The minimum atomic E-state index is -0.321. The van der Waals surface area contributed by atoms with Gasteiger partial charge >= 0.3 is 6.03 Å². The standard InChI is InChI=1S/C17H14N2O2/c20-16-12-19(11-10-13-6-4-5-9-15(13)16)17(21)18-14-7-2-1-3-8-14/h1-11H,12H2,(H,18,21). The Morgan fingerprint density at radius 1 is 1.00 bits per heavy atom. The summed E-state index contributed by atoms with van der Waals surface area (Å²) >= 11 is 0. The van der Waals surface area contributed by atoms with Gasteiger partial charge in [-0.1, -0.05) is 42.5 Å². The minimum absolute atomic E-state index is 0.0339. The third kappa shape index (κ3) is 2.84. The molecule has 0 atom stereocenters. The molecule has 4 nitrogen and oxygen atoms in total. The van der Waals surface area contributed by atoms with Crippen molar-refractivity contribution < 1.29 is 9.59 Å². The quantitative estimate of drug-likeness (QED) is 0.869. The van der Waals surface area contributed by atoms with Crippen LogP contribution in [0.5, 0.6) is 0 Å². The maximum absolute atomic E-state index is 12.2. The molecule has 1 aliphatic rings. The van der Waals surface area contributed by atoms with Gasteiger partial charge in [-0.25, -0.2) is 4.79 Å². The maximum Gasteiger partial charge on any atom is 0.326 e. The van der Waals surface area contributed by atoms with E-state index in [9.17, 15) is 9.59 Å². The van der Waals surface area contributed by atoms with Gasteiger partial charge in [0, 0.05) is 17.5 Å².